The van der Waals surface area contributed by atoms with E-state index in [1.165, 1.54) is 11.1 Å². The normalized spacial score (nSPS) is 10.7. The molecule has 0 spiro atoms. The van der Waals surface area contributed by atoms with Crippen LogP contribution in [-0.4, -0.2) is 31.3 Å². The molecule has 0 radical (unpaired) electrons. The molecule has 5 nitrogen and oxygen atoms in total. The van der Waals surface area contributed by atoms with Crippen LogP contribution in [0, 0.1) is 13.8 Å². The molecule has 0 aliphatic rings. The molecule has 3 aromatic carbocycles. The Hall–Kier alpha value is -3.31. The highest BCUT2D eigenvalue weighted by Crippen LogP contribution is 2.33. The minimum atomic E-state index is -0.819. The Bertz CT molecular complexity index is 1050. The fourth-order valence-electron chi connectivity index (χ4n) is 3.63. The van der Waals surface area contributed by atoms with Crippen molar-refractivity contribution in [1.29, 1.82) is 0 Å². The third-order valence-corrected chi connectivity index (χ3v) is 5.56. The van der Waals surface area contributed by atoms with Crippen LogP contribution in [0.5, 0.6) is 5.75 Å². The van der Waals surface area contributed by atoms with Crippen LogP contribution >= 0.6 is 0 Å². The fourth-order valence-corrected chi connectivity index (χ4v) is 3.63. The highest BCUT2D eigenvalue weighted by molar-refractivity contribution is 5.73. The maximum absolute atomic E-state index is 10.8. The van der Waals surface area contributed by atoms with Crippen molar-refractivity contribution in [3.8, 4) is 16.9 Å². The van der Waals surface area contributed by atoms with E-state index in [-0.39, 0.29) is 6.42 Å². The topological polar surface area (TPSA) is 67.8 Å². The molecule has 0 heterocycles. The molecule has 0 atom stereocenters. The summed E-state index contributed by atoms with van der Waals surface area (Å²) in [6.45, 7) is 5.60. The molecule has 0 amide bonds. The van der Waals surface area contributed by atoms with E-state index in [0.29, 0.717) is 19.8 Å². The summed E-state index contributed by atoms with van der Waals surface area (Å²) in [4.78, 5) is 10.8. The van der Waals surface area contributed by atoms with E-state index in [1.54, 1.807) is 7.11 Å². The van der Waals surface area contributed by atoms with Crippen LogP contribution in [0.4, 0.5) is 5.69 Å². The van der Waals surface area contributed by atoms with E-state index in [1.807, 2.05) is 30.3 Å². The molecular formula is C27H31NO4. The van der Waals surface area contributed by atoms with Gasteiger partial charge < -0.3 is 19.9 Å². The molecule has 3 aromatic rings. The summed E-state index contributed by atoms with van der Waals surface area (Å²) in [5.41, 5.74) is 7.62. The first kappa shape index (κ1) is 23.4. The van der Waals surface area contributed by atoms with E-state index >= 15 is 0 Å². The minimum Gasteiger partial charge on any atom is -0.496 e. The van der Waals surface area contributed by atoms with E-state index in [2.05, 4.69) is 49.5 Å². The summed E-state index contributed by atoms with van der Waals surface area (Å²) in [7, 11) is 1.69. The summed E-state index contributed by atoms with van der Waals surface area (Å²) in [5.74, 6) is 0.0421. The van der Waals surface area contributed by atoms with Crippen molar-refractivity contribution < 1.29 is 19.4 Å². The molecule has 0 bridgehead atoms. The monoisotopic (exact) mass is 433 g/mol. The Balaban J connectivity index is 1.81. The van der Waals surface area contributed by atoms with Crippen LogP contribution in [0.2, 0.25) is 0 Å². The van der Waals surface area contributed by atoms with Crippen LogP contribution < -0.4 is 10.1 Å². The third-order valence-electron chi connectivity index (χ3n) is 5.56. The lowest BCUT2D eigenvalue weighted by atomic mass is 9.95. The third kappa shape index (κ3) is 6.34. The maximum Gasteiger partial charge on any atom is 0.305 e. The van der Waals surface area contributed by atoms with Gasteiger partial charge in [0.2, 0.25) is 0 Å². The van der Waals surface area contributed by atoms with Crippen LogP contribution in [0.1, 0.15) is 28.7 Å². The van der Waals surface area contributed by atoms with Crippen molar-refractivity contribution in [2.45, 2.75) is 33.3 Å². The van der Waals surface area contributed by atoms with Gasteiger partial charge in [0.1, 0.15) is 5.75 Å². The first-order valence-corrected chi connectivity index (χ1v) is 10.8. The van der Waals surface area contributed by atoms with Crippen molar-refractivity contribution in [3.05, 3.63) is 82.9 Å². The number of benzene rings is 3. The zero-order valence-electron chi connectivity index (χ0n) is 19.0. The number of ether oxygens (including phenoxy) is 2. The summed E-state index contributed by atoms with van der Waals surface area (Å²) in [5, 5.41) is 12.1. The first-order valence-electron chi connectivity index (χ1n) is 10.8. The maximum atomic E-state index is 10.8. The second kappa shape index (κ2) is 11.3. The fraction of sp³-hybridized carbons (Fsp3) is 0.296. The second-order valence-electron chi connectivity index (χ2n) is 7.85. The number of methoxy groups -OCH3 is 1. The van der Waals surface area contributed by atoms with Gasteiger partial charge in [-0.05, 0) is 71.8 Å². The van der Waals surface area contributed by atoms with Crippen molar-refractivity contribution in [1.82, 2.24) is 0 Å². The number of anilines is 1. The van der Waals surface area contributed by atoms with Crippen molar-refractivity contribution in [3.63, 3.8) is 0 Å². The lowest BCUT2D eigenvalue weighted by Gasteiger charge is -2.16. The lowest BCUT2D eigenvalue weighted by Crippen LogP contribution is -2.08. The summed E-state index contributed by atoms with van der Waals surface area (Å²) in [6.07, 6.45) is 0.920. The van der Waals surface area contributed by atoms with Gasteiger partial charge in [0.15, 0.2) is 0 Å². The quantitative estimate of drug-likeness (QED) is 0.384. The van der Waals surface area contributed by atoms with Gasteiger partial charge in [-0.3, -0.25) is 4.79 Å². The summed E-state index contributed by atoms with van der Waals surface area (Å²) in [6, 6.07) is 20.6. The van der Waals surface area contributed by atoms with Gasteiger partial charge in [-0.15, -0.1) is 0 Å². The predicted molar refractivity (Wildman–Crippen MR) is 128 cm³/mol. The smallest absolute Gasteiger partial charge is 0.305 e. The molecule has 3 rings (SSSR count). The number of nitrogens with one attached hydrogen (secondary N) is 1. The molecule has 168 valence electrons. The number of aryl methyl sites for hydroxylation is 1. The Kier molecular flexibility index (Phi) is 8.28. The molecule has 32 heavy (non-hydrogen) atoms. The van der Waals surface area contributed by atoms with Crippen LogP contribution in [0.3, 0.4) is 0 Å². The highest BCUT2D eigenvalue weighted by atomic mass is 16.5. The van der Waals surface area contributed by atoms with Gasteiger partial charge in [-0.2, -0.15) is 0 Å². The average Bonchev–Trinajstić information content (AvgIpc) is 2.79. The standard InChI is InChI=1S/C27H31NO4/c1-19-15-22(17-26(31-3)20(19)2)25-10-9-24(28-13-11-27(29)30)16-23(25)18-32-14-12-21-7-5-4-6-8-21/h4-10,15-17,28H,11-14,18H2,1-3H3,(H,29,30). The number of hydrogen-bond donors (Lipinski definition) is 2. The Labute approximate surface area is 190 Å². The van der Waals surface area contributed by atoms with Gasteiger partial charge >= 0.3 is 5.97 Å². The van der Waals surface area contributed by atoms with Gasteiger partial charge in [-0.25, -0.2) is 0 Å². The molecule has 0 aromatic heterocycles. The molecule has 0 aliphatic heterocycles. The van der Waals surface area contributed by atoms with Gasteiger partial charge in [0.05, 0.1) is 26.7 Å². The molecular weight excluding hydrogens is 402 g/mol. The van der Waals surface area contributed by atoms with Gasteiger partial charge in [0, 0.05) is 12.2 Å². The van der Waals surface area contributed by atoms with E-state index in [0.717, 1.165) is 40.1 Å². The average molecular weight is 434 g/mol. The molecule has 0 fully saturated rings. The van der Waals surface area contributed by atoms with Gasteiger partial charge in [0.25, 0.3) is 0 Å². The molecule has 0 unspecified atom stereocenters. The zero-order chi connectivity index (χ0) is 22.9. The summed E-state index contributed by atoms with van der Waals surface area (Å²) >= 11 is 0. The second-order valence-corrected chi connectivity index (χ2v) is 7.85. The van der Waals surface area contributed by atoms with E-state index in [9.17, 15) is 4.79 Å². The first-order chi connectivity index (χ1) is 15.5. The molecule has 5 heteroatoms. The molecule has 0 aliphatic carbocycles. The number of carboxylic acids is 1. The Morgan fingerprint density at radius 3 is 2.53 bits per heavy atom. The molecule has 0 saturated carbocycles. The molecule has 0 saturated heterocycles. The number of hydrogen-bond acceptors (Lipinski definition) is 4. The number of rotatable bonds is 11. The number of aliphatic carboxylic acids is 1. The van der Waals surface area contributed by atoms with E-state index < -0.39 is 5.97 Å². The van der Waals surface area contributed by atoms with Crippen LogP contribution in [0.25, 0.3) is 11.1 Å². The highest BCUT2D eigenvalue weighted by Gasteiger charge is 2.12. The zero-order valence-corrected chi connectivity index (χ0v) is 19.0. The Morgan fingerprint density at radius 2 is 1.81 bits per heavy atom. The van der Waals surface area contributed by atoms with Crippen LogP contribution in [-0.2, 0) is 22.6 Å². The Morgan fingerprint density at radius 1 is 1.03 bits per heavy atom. The van der Waals surface area contributed by atoms with Crippen molar-refractivity contribution in [2.24, 2.45) is 0 Å². The minimum absolute atomic E-state index is 0.0685. The largest absolute Gasteiger partial charge is 0.496 e. The SMILES string of the molecule is COc1cc(-c2ccc(NCCC(=O)O)cc2COCCc2ccccc2)cc(C)c1C. The number of carbonyl (C=O) groups is 1. The lowest BCUT2D eigenvalue weighted by molar-refractivity contribution is -0.136. The predicted octanol–water partition coefficient (Wildman–Crippen LogP) is 5.62. The van der Waals surface area contributed by atoms with Crippen molar-refractivity contribution in [2.75, 3.05) is 25.6 Å². The van der Waals surface area contributed by atoms with Gasteiger partial charge in [-0.1, -0.05) is 42.5 Å². The van der Waals surface area contributed by atoms with Crippen molar-refractivity contribution >= 4 is 11.7 Å². The molecule has 2 N–H and O–H groups in total. The van der Waals surface area contributed by atoms with E-state index in [4.69, 9.17) is 14.6 Å². The number of carboxylic acid groups (broad SMARTS) is 1. The van der Waals surface area contributed by atoms with Crippen LogP contribution in [0.15, 0.2) is 60.7 Å². The summed E-state index contributed by atoms with van der Waals surface area (Å²) < 4.78 is 11.6.